The fraction of sp³-hybridized carbons (Fsp3) is 0.812. The quantitative estimate of drug-likeness (QED) is 0.924. The molecular weight excluding hydrogens is 298 g/mol. The van der Waals surface area contributed by atoms with Crippen molar-refractivity contribution in [2.24, 2.45) is 11.3 Å². The Bertz CT molecular complexity index is 606. The molecule has 5 nitrogen and oxygen atoms in total. The Kier molecular flexibility index (Phi) is 5.02. The molecule has 0 atom stereocenters. The molecule has 22 heavy (non-hydrogen) atoms. The zero-order valence-electron chi connectivity index (χ0n) is 14.4. The molecule has 0 amide bonds. The molecule has 6 heteroatoms. The van der Waals surface area contributed by atoms with Crippen LogP contribution >= 0.6 is 0 Å². The zero-order valence-corrected chi connectivity index (χ0v) is 15.2. The minimum absolute atomic E-state index is 0.0491. The third-order valence-electron chi connectivity index (χ3n) is 4.92. The molecule has 0 radical (unpaired) electrons. The van der Waals surface area contributed by atoms with Crippen molar-refractivity contribution < 1.29 is 8.42 Å². The molecule has 2 rings (SSSR count). The van der Waals surface area contributed by atoms with Crippen molar-refractivity contribution in [3.63, 3.8) is 0 Å². The van der Waals surface area contributed by atoms with Crippen LogP contribution in [0.25, 0.3) is 0 Å². The third-order valence-corrected chi connectivity index (χ3v) is 6.54. The van der Waals surface area contributed by atoms with E-state index in [-0.39, 0.29) is 6.04 Å². The van der Waals surface area contributed by atoms with E-state index < -0.39 is 10.0 Å². The van der Waals surface area contributed by atoms with Crippen molar-refractivity contribution in [2.45, 2.75) is 77.8 Å². The smallest absolute Gasteiger partial charge is 0.244 e. The summed E-state index contributed by atoms with van der Waals surface area (Å²) in [6.07, 6.45) is 5.47. The molecule has 0 aliphatic heterocycles. The molecule has 1 aliphatic carbocycles. The summed E-state index contributed by atoms with van der Waals surface area (Å²) < 4.78 is 29.7. The number of aryl methyl sites for hydroxylation is 1. The van der Waals surface area contributed by atoms with Crippen molar-refractivity contribution >= 4 is 10.0 Å². The zero-order chi connectivity index (χ0) is 16.5. The molecule has 1 aromatic rings. The van der Waals surface area contributed by atoms with Crippen LogP contribution in [0.3, 0.4) is 0 Å². The van der Waals surface area contributed by atoms with E-state index in [1.807, 2.05) is 13.8 Å². The Morgan fingerprint density at radius 3 is 2.32 bits per heavy atom. The minimum Gasteiger partial charge on any atom is -0.269 e. The van der Waals surface area contributed by atoms with Gasteiger partial charge in [-0.15, -0.1) is 0 Å². The number of hydrogen-bond acceptors (Lipinski definition) is 3. The van der Waals surface area contributed by atoms with Crippen LogP contribution < -0.4 is 4.72 Å². The van der Waals surface area contributed by atoms with Crippen LogP contribution in [0.15, 0.2) is 11.1 Å². The van der Waals surface area contributed by atoms with Gasteiger partial charge in [0.15, 0.2) is 0 Å². The molecule has 0 aromatic carbocycles. The van der Waals surface area contributed by atoms with Gasteiger partial charge in [0, 0.05) is 12.6 Å². The first kappa shape index (κ1) is 17.5. The van der Waals surface area contributed by atoms with Crippen molar-refractivity contribution in [3.8, 4) is 0 Å². The molecule has 1 N–H and O–H groups in total. The van der Waals surface area contributed by atoms with Gasteiger partial charge in [0.25, 0.3) is 0 Å². The predicted octanol–water partition coefficient (Wildman–Crippen LogP) is 3.09. The van der Waals surface area contributed by atoms with Gasteiger partial charge in [0.2, 0.25) is 10.0 Å². The summed E-state index contributed by atoms with van der Waals surface area (Å²) in [5, 5.41) is 4.14. The number of nitrogens with one attached hydrogen (secondary N) is 1. The van der Waals surface area contributed by atoms with Crippen molar-refractivity contribution in [1.29, 1.82) is 0 Å². The normalized spacial score (nSPS) is 23.7. The van der Waals surface area contributed by atoms with Crippen LogP contribution in [0.4, 0.5) is 0 Å². The molecular formula is C16H29N3O2S. The third kappa shape index (κ3) is 3.71. The summed E-state index contributed by atoms with van der Waals surface area (Å²) in [6, 6.07) is 0.0491. The maximum absolute atomic E-state index is 12.6. The Labute approximate surface area is 134 Å². The van der Waals surface area contributed by atoms with Gasteiger partial charge >= 0.3 is 0 Å². The summed E-state index contributed by atoms with van der Waals surface area (Å²) in [5.74, 6) is 0.679. The van der Waals surface area contributed by atoms with Gasteiger partial charge in [0.1, 0.15) is 4.90 Å². The second-order valence-corrected chi connectivity index (χ2v) is 9.13. The number of hydrogen-bond donors (Lipinski definition) is 1. The molecule has 1 saturated carbocycles. The lowest BCUT2D eigenvalue weighted by molar-refractivity contribution is 0.166. The highest BCUT2D eigenvalue weighted by molar-refractivity contribution is 7.89. The molecule has 1 aliphatic rings. The van der Waals surface area contributed by atoms with E-state index in [0.717, 1.165) is 25.7 Å². The lowest BCUT2D eigenvalue weighted by Crippen LogP contribution is -2.39. The predicted molar refractivity (Wildman–Crippen MR) is 88.2 cm³/mol. The molecule has 0 bridgehead atoms. The van der Waals surface area contributed by atoms with Crippen LogP contribution in [0.1, 0.15) is 59.1 Å². The molecule has 0 unspecified atom stereocenters. The van der Waals surface area contributed by atoms with Crippen molar-refractivity contribution in [1.82, 2.24) is 14.5 Å². The van der Waals surface area contributed by atoms with E-state index in [2.05, 4.69) is 30.6 Å². The largest absolute Gasteiger partial charge is 0.269 e. The van der Waals surface area contributed by atoms with Gasteiger partial charge in [-0.25, -0.2) is 13.1 Å². The highest BCUT2D eigenvalue weighted by Gasteiger charge is 2.32. The monoisotopic (exact) mass is 327 g/mol. The van der Waals surface area contributed by atoms with Gasteiger partial charge in [-0.2, -0.15) is 5.10 Å². The van der Waals surface area contributed by atoms with Gasteiger partial charge in [-0.3, -0.25) is 4.68 Å². The van der Waals surface area contributed by atoms with E-state index in [0.29, 0.717) is 28.5 Å². The van der Waals surface area contributed by atoms with Gasteiger partial charge in [-0.1, -0.05) is 20.8 Å². The fourth-order valence-electron chi connectivity index (χ4n) is 3.37. The van der Waals surface area contributed by atoms with E-state index in [9.17, 15) is 8.42 Å². The maximum Gasteiger partial charge on any atom is 0.244 e. The van der Waals surface area contributed by atoms with Crippen LogP contribution in [0.2, 0.25) is 0 Å². The number of rotatable bonds is 4. The minimum atomic E-state index is -3.47. The first-order valence-corrected chi connectivity index (χ1v) is 9.68. The van der Waals surface area contributed by atoms with Crippen LogP contribution in [0, 0.1) is 18.3 Å². The molecule has 0 saturated heterocycles. The molecule has 1 fully saturated rings. The van der Waals surface area contributed by atoms with Crippen LogP contribution in [0.5, 0.6) is 0 Å². The fourth-order valence-corrected chi connectivity index (χ4v) is 4.85. The Morgan fingerprint density at radius 2 is 1.86 bits per heavy atom. The first-order chi connectivity index (χ1) is 10.1. The van der Waals surface area contributed by atoms with Gasteiger partial charge in [-0.05, 0) is 50.9 Å². The SMILES string of the molecule is CCn1ncc(S(=O)(=O)NC2CCC(C(C)(C)C)CC2)c1C. The lowest BCUT2D eigenvalue weighted by atomic mass is 9.71. The number of aromatic nitrogens is 2. The second kappa shape index (κ2) is 6.32. The Morgan fingerprint density at radius 1 is 1.27 bits per heavy atom. The molecule has 126 valence electrons. The lowest BCUT2D eigenvalue weighted by Gasteiger charge is -2.37. The topological polar surface area (TPSA) is 64.0 Å². The Balaban J connectivity index is 2.03. The highest BCUT2D eigenvalue weighted by atomic mass is 32.2. The first-order valence-electron chi connectivity index (χ1n) is 8.20. The molecule has 0 spiro atoms. The average Bonchev–Trinajstić information content (AvgIpc) is 2.79. The maximum atomic E-state index is 12.6. The second-order valence-electron chi connectivity index (χ2n) is 7.45. The molecule has 1 heterocycles. The Hall–Kier alpha value is -0.880. The van der Waals surface area contributed by atoms with Crippen molar-refractivity contribution in [3.05, 3.63) is 11.9 Å². The number of nitrogens with zero attached hydrogens (tertiary/aromatic N) is 2. The summed E-state index contributed by atoms with van der Waals surface area (Å²) in [5.41, 5.74) is 1.02. The van der Waals surface area contributed by atoms with Crippen LogP contribution in [-0.4, -0.2) is 24.2 Å². The highest BCUT2D eigenvalue weighted by Crippen LogP contribution is 2.38. The van der Waals surface area contributed by atoms with E-state index in [4.69, 9.17) is 0 Å². The molecule has 1 aromatic heterocycles. The van der Waals surface area contributed by atoms with Gasteiger partial charge in [0.05, 0.1) is 11.9 Å². The van der Waals surface area contributed by atoms with E-state index in [1.54, 1.807) is 4.68 Å². The summed E-state index contributed by atoms with van der Waals surface area (Å²) >= 11 is 0. The number of sulfonamides is 1. The van der Waals surface area contributed by atoms with Gasteiger partial charge < -0.3 is 0 Å². The summed E-state index contributed by atoms with van der Waals surface area (Å²) in [4.78, 5) is 0.312. The van der Waals surface area contributed by atoms with Crippen LogP contribution in [-0.2, 0) is 16.6 Å². The van der Waals surface area contributed by atoms with E-state index >= 15 is 0 Å². The average molecular weight is 327 g/mol. The standard InChI is InChI=1S/C16H29N3O2S/c1-6-19-12(2)15(11-17-19)22(20,21)18-14-9-7-13(8-10-14)16(3,4)5/h11,13-14,18H,6-10H2,1-5H3. The summed E-state index contributed by atoms with van der Waals surface area (Å²) in [6.45, 7) is 11.2. The summed E-state index contributed by atoms with van der Waals surface area (Å²) in [7, 11) is -3.47. The van der Waals surface area contributed by atoms with Crippen molar-refractivity contribution in [2.75, 3.05) is 0 Å². The van der Waals surface area contributed by atoms with E-state index in [1.165, 1.54) is 6.20 Å².